The Morgan fingerprint density at radius 2 is 1.71 bits per heavy atom. The van der Waals surface area contributed by atoms with Crippen molar-refractivity contribution in [3.63, 3.8) is 0 Å². The summed E-state index contributed by atoms with van der Waals surface area (Å²) in [7, 11) is -3.90. The molecule has 1 heterocycles. The fourth-order valence-corrected chi connectivity index (χ4v) is 4.73. The van der Waals surface area contributed by atoms with E-state index in [2.05, 4.69) is 10.2 Å². The van der Waals surface area contributed by atoms with Crippen molar-refractivity contribution in [3.05, 3.63) is 59.9 Å². The minimum Gasteiger partial charge on any atom is -0.390 e. The zero-order chi connectivity index (χ0) is 20.1. The van der Waals surface area contributed by atoms with Crippen LogP contribution in [0.25, 0.3) is 0 Å². The smallest absolute Gasteiger partial charge is 0.264 e. The van der Waals surface area contributed by atoms with Crippen molar-refractivity contribution in [2.24, 2.45) is 0 Å². The lowest BCUT2D eigenvalue weighted by molar-refractivity contribution is 0.111. The van der Waals surface area contributed by atoms with Crippen LogP contribution in [0.5, 0.6) is 0 Å². The molecule has 0 amide bonds. The van der Waals surface area contributed by atoms with Crippen molar-refractivity contribution in [3.8, 4) is 0 Å². The molecule has 1 fully saturated rings. The Balaban J connectivity index is 1.86. The zero-order valence-electron chi connectivity index (χ0n) is 15.9. The third kappa shape index (κ3) is 5.08. The van der Waals surface area contributed by atoms with Gasteiger partial charge in [0.05, 0.1) is 23.2 Å². The molecule has 0 bridgehead atoms. The molecule has 0 aromatic heterocycles. The Morgan fingerprint density at radius 3 is 2.32 bits per heavy atom. The number of rotatable bonds is 7. The summed E-state index contributed by atoms with van der Waals surface area (Å²) in [5.74, 6) is -0.446. The third-order valence-electron chi connectivity index (χ3n) is 4.78. The normalized spacial score (nSPS) is 16.7. The maximum atomic E-state index is 13.4. The van der Waals surface area contributed by atoms with Crippen LogP contribution in [-0.2, 0) is 10.0 Å². The van der Waals surface area contributed by atoms with E-state index in [9.17, 15) is 17.9 Å². The number of piperazine rings is 1. The van der Waals surface area contributed by atoms with Crippen LogP contribution in [0, 0.1) is 12.7 Å². The molecule has 0 radical (unpaired) electrons. The molecule has 1 aliphatic rings. The van der Waals surface area contributed by atoms with Crippen molar-refractivity contribution in [2.45, 2.75) is 17.9 Å². The largest absolute Gasteiger partial charge is 0.390 e. The molecule has 0 unspecified atom stereocenters. The highest BCUT2D eigenvalue weighted by Gasteiger charge is 2.28. The first-order valence-electron chi connectivity index (χ1n) is 9.32. The Kier molecular flexibility index (Phi) is 6.66. The van der Waals surface area contributed by atoms with Crippen molar-refractivity contribution >= 4 is 15.7 Å². The van der Waals surface area contributed by atoms with Gasteiger partial charge in [-0.15, -0.1) is 0 Å². The summed E-state index contributed by atoms with van der Waals surface area (Å²) in [6, 6.07) is 11.8. The summed E-state index contributed by atoms with van der Waals surface area (Å²) in [5.41, 5.74) is 1.27. The Hall–Kier alpha value is -2.00. The lowest BCUT2D eigenvalue weighted by atomic mass is 10.2. The van der Waals surface area contributed by atoms with Gasteiger partial charge in [0.1, 0.15) is 5.82 Å². The van der Waals surface area contributed by atoms with E-state index in [1.54, 1.807) is 24.3 Å². The minimum atomic E-state index is -3.90. The predicted octanol–water partition coefficient (Wildman–Crippen LogP) is 1.60. The average Bonchev–Trinajstić information content (AvgIpc) is 2.68. The number of aliphatic hydroxyl groups excluding tert-OH is 1. The van der Waals surface area contributed by atoms with Gasteiger partial charge in [-0.05, 0) is 43.3 Å². The lowest BCUT2D eigenvalue weighted by Gasteiger charge is -2.32. The molecule has 0 aliphatic carbocycles. The van der Waals surface area contributed by atoms with Crippen LogP contribution >= 0.6 is 0 Å². The maximum absolute atomic E-state index is 13.4. The van der Waals surface area contributed by atoms with Crippen molar-refractivity contribution in [1.82, 2.24) is 10.2 Å². The van der Waals surface area contributed by atoms with Gasteiger partial charge < -0.3 is 10.4 Å². The average molecular weight is 408 g/mol. The summed E-state index contributed by atoms with van der Waals surface area (Å²) in [6.07, 6.45) is -0.872. The molecule has 0 spiro atoms. The molecule has 2 N–H and O–H groups in total. The molecular weight excluding hydrogens is 381 g/mol. The summed E-state index contributed by atoms with van der Waals surface area (Å²) in [6.45, 7) is 5.45. The number of nitrogens with one attached hydrogen (secondary N) is 1. The van der Waals surface area contributed by atoms with E-state index >= 15 is 0 Å². The number of halogens is 1. The molecular formula is C20H26FN3O3S. The second-order valence-electron chi connectivity index (χ2n) is 7.03. The number of hydrogen-bond acceptors (Lipinski definition) is 5. The van der Waals surface area contributed by atoms with Gasteiger partial charge in [0.2, 0.25) is 0 Å². The molecule has 6 nitrogen and oxygen atoms in total. The van der Waals surface area contributed by atoms with Gasteiger partial charge in [-0.1, -0.05) is 17.7 Å². The number of anilines is 1. The SMILES string of the molecule is Cc1ccc(S(=O)(=O)N(C[C@@H](O)CN2CCNCC2)c2ccc(F)cc2)cc1. The Morgan fingerprint density at radius 1 is 1.11 bits per heavy atom. The number of nitrogens with zero attached hydrogens (tertiary/aromatic N) is 2. The van der Waals surface area contributed by atoms with Gasteiger partial charge >= 0.3 is 0 Å². The molecule has 2 aromatic carbocycles. The second-order valence-corrected chi connectivity index (χ2v) is 8.89. The quantitative estimate of drug-likeness (QED) is 0.729. The molecule has 152 valence electrons. The van der Waals surface area contributed by atoms with Crippen molar-refractivity contribution in [2.75, 3.05) is 43.6 Å². The highest BCUT2D eigenvalue weighted by Crippen LogP contribution is 2.25. The van der Waals surface area contributed by atoms with E-state index in [-0.39, 0.29) is 11.4 Å². The first kappa shape index (κ1) is 20.7. The maximum Gasteiger partial charge on any atom is 0.264 e. The van der Waals surface area contributed by atoms with Gasteiger partial charge in [0, 0.05) is 32.7 Å². The van der Waals surface area contributed by atoms with Crippen LogP contribution < -0.4 is 9.62 Å². The lowest BCUT2D eigenvalue weighted by Crippen LogP contribution is -2.49. The second kappa shape index (κ2) is 9.00. The molecule has 8 heteroatoms. The molecule has 1 saturated heterocycles. The highest BCUT2D eigenvalue weighted by molar-refractivity contribution is 7.92. The highest BCUT2D eigenvalue weighted by atomic mass is 32.2. The van der Waals surface area contributed by atoms with Crippen LogP contribution in [0.4, 0.5) is 10.1 Å². The molecule has 2 aromatic rings. The first-order chi connectivity index (χ1) is 13.4. The topological polar surface area (TPSA) is 72.9 Å². The van der Waals surface area contributed by atoms with Gasteiger partial charge in [0.25, 0.3) is 10.0 Å². The van der Waals surface area contributed by atoms with Crippen molar-refractivity contribution < 1.29 is 17.9 Å². The molecule has 1 atom stereocenters. The van der Waals surface area contributed by atoms with Crippen LogP contribution in [0.2, 0.25) is 0 Å². The zero-order valence-corrected chi connectivity index (χ0v) is 16.7. The molecule has 28 heavy (non-hydrogen) atoms. The van der Waals surface area contributed by atoms with E-state index in [1.807, 2.05) is 6.92 Å². The fraction of sp³-hybridized carbons (Fsp3) is 0.400. The molecule has 1 aliphatic heterocycles. The van der Waals surface area contributed by atoms with Crippen LogP contribution in [0.3, 0.4) is 0 Å². The van der Waals surface area contributed by atoms with E-state index in [0.29, 0.717) is 12.2 Å². The Bertz CT molecular complexity index is 867. The number of aryl methyl sites for hydroxylation is 1. The number of benzene rings is 2. The van der Waals surface area contributed by atoms with Gasteiger partial charge in [-0.2, -0.15) is 0 Å². The van der Waals surface area contributed by atoms with E-state index in [1.165, 1.54) is 24.3 Å². The number of hydrogen-bond donors (Lipinski definition) is 2. The number of β-amino-alcohol motifs (C(OH)–C–C–N with tert-alkyl or cyclic N) is 1. The van der Waals surface area contributed by atoms with E-state index in [4.69, 9.17) is 0 Å². The monoisotopic (exact) mass is 407 g/mol. The number of sulfonamides is 1. The van der Waals surface area contributed by atoms with Crippen LogP contribution in [0.15, 0.2) is 53.4 Å². The summed E-state index contributed by atoms with van der Waals surface area (Å²) >= 11 is 0. The summed E-state index contributed by atoms with van der Waals surface area (Å²) < 4.78 is 41.0. The standard InChI is InChI=1S/C20H26FN3O3S/c1-16-2-8-20(9-3-16)28(26,27)24(18-6-4-17(21)5-7-18)15-19(25)14-23-12-10-22-11-13-23/h2-9,19,22,25H,10-15H2,1H3/t19-/m0/s1. The first-order valence-corrected chi connectivity index (χ1v) is 10.8. The fourth-order valence-electron chi connectivity index (χ4n) is 3.23. The van der Waals surface area contributed by atoms with E-state index in [0.717, 1.165) is 36.0 Å². The van der Waals surface area contributed by atoms with E-state index < -0.39 is 21.9 Å². The predicted molar refractivity (Wildman–Crippen MR) is 107 cm³/mol. The minimum absolute atomic E-state index is 0.105. The molecule has 0 saturated carbocycles. The van der Waals surface area contributed by atoms with Gasteiger partial charge in [-0.25, -0.2) is 12.8 Å². The summed E-state index contributed by atoms with van der Waals surface area (Å²) in [4.78, 5) is 2.24. The van der Waals surface area contributed by atoms with Crippen LogP contribution in [0.1, 0.15) is 5.56 Å². The van der Waals surface area contributed by atoms with Gasteiger partial charge in [-0.3, -0.25) is 9.21 Å². The van der Waals surface area contributed by atoms with Crippen molar-refractivity contribution in [1.29, 1.82) is 0 Å². The third-order valence-corrected chi connectivity index (χ3v) is 6.59. The number of aliphatic hydroxyl groups is 1. The molecule has 3 rings (SSSR count). The summed E-state index contributed by atoms with van der Waals surface area (Å²) in [5, 5.41) is 13.8. The van der Waals surface area contributed by atoms with Crippen LogP contribution in [-0.4, -0.2) is 63.8 Å². The Labute approximate surface area is 165 Å². The van der Waals surface area contributed by atoms with Gasteiger partial charge in [0.15, 0.2) is 0 Å².